The number of nitrogen functional groups attached to an aromatic ring is 1. The monoisotopic (exact) mass is 215 g/mol. The third kappa shape index (κ3) is 1.23. The van der Waals surface area contributed by atoms with E-state index < -0.39 is 0 Å². The van der Waals surface area contributed by atoms with E-state index in [9.17, 15) is 0 Å². The van der Waals surface area contributed by atoms with Gasteiger partial charge in [0.05, 0.1) is 5.69 Å². The lowest BCUT2D eigenvalue weighted by Crippen LogP contribution is -1.92. The van der Waals surface area contributed by atoms with Crippen LogP contribution in [0.4, 0.5) is 5.69 Å². The van der Waals surface area contributed by atoms with Crippen molar-refractivity contribution in [3.8, 4) is 11.6 Å². The predicted molar refractivity (Wildman–Crippen MR) is 57.6 cm³/mol. The topological polar surface area (TPSA) is 82.2 Å². The summed E-state index contributed by atoms with van der Waals surface area (Å²) in [5.41, 5.74) is 7.88. The van der Waals surface area contributed by atoms with Crippen molar-refractivity contribution in [3.63, 3.8) is 0 Å². The van der Waals surface area contributed by atoms with E-state index >= 15 is 0 Å². The molecule has 0 aliphatic rings. The van der Waals surface area contributed by atoms with Crippen LogP contribution in [0.1, 0.15) is 5.69 Å². The smallest absolute Gasteiger partial charge is 0.207 e. The Hall–Kier alpha value is -2.37. The van der Waals surface area contributed by atoms with Gasteiger partial charge in [-0.15, -0.1) is 10.2 Å². The molecule has 0 radical (unpaired) electrons. The van der Waals surface area contributed by atoms with E-state index in [1.807, 2.05) is 6.92 Å². The zero-order valence-corrected chi connectivity index (χ0v) is 8.58. The normalized spacial score (nSPS) is 11.1. The highest BCUT2D eigenvalue weighted by Crippen LogP contribution is 2.19. The van der Waals surface area contributed by atoms with Crippen molar-refractivity contribution in [1.29, 1.82) is 0 Å². The van der Waals surface area contributed by atoms with Crippen molar-refractivity contribution in [1.82, 2.24) is 19.8 Å². The fourth-order valence-electron chi connectivity index (χ4n) is 1.54. The molecule has 16 heavy (non-hydrogen) atoms. The van der Waals surface area contributed by atoms with Gasteiger partial charge in [-0.05, 0) is 19.1 Å². The molecular weight excluding hydrogens is 206 g/mol. The Bertz CT molecular complexity index is 654. The standard InChI is InChI=1S/C10H9N5O/c1-6-4-8(16-14-6)10-13-12-9-3-2-7(11)5-15(9)10/h2-5H,11H2,1H3. The molecule has 0 aromatic carbocycles. The molecule has 0 unspecified atom stereocenters. The first-order chi connectivity index (χ1) is 7.74. The molecule has 3 heterocycles. The summed E-state index contributed by atoms with van der Waals surface area (Å²) < 4.78 is 6.92. The molecule has 0 aliphatic carbocycles. The van der Waals surface area contributed by atoms with Gasteiger partial charge in [-0.1, -0.05) is 5.16 Å². The average Bonchev–Trinajstić information content (AvgIpc) is 2.83. The minimum atomic E-state index is 0.579. The van der Waals surface area contributed by atoms with Gasteiger partial charge in [-0.3, -0.25) is 4.40 Å². The third-order valence-corrected chi connectivity index (χ3v) is 2.27. The number of nitrogens with zero attached hydrogens (tertiary/aromatic N) is 4. The molecule has 0 saturated heterocycles. The van der Waals surface area contributed by atoms with Gasteiger partial charge in [-0.25, -0.2) is 0 Å². The summed E-state index contributed by atoms with van der Waals surface area (Å²) in [5.74, 6) is 1.18. The van der Waals surface area contributed by atoms with Crippen LogP contribution in [-0.2, 0) is 0 Å². The second kappa shape index (κ2) is 3.06. The largest absolute Gasteiger partial charge is 0.398 e. The molecule has 80 valence electrons. The molecule has 0 aliphatic heterocycles. The molecule has 0 spiro atoms. The maximum atomic E-state index is 5.71. The fourth-order valence-corrected chi connectivity index (χ4v) is 1.54. The molecule has 0 amide bonds. The van der Waals surface area contributed by atoms with E-state index in [-0.39, 0.29) is 0 Å². The average molecular weight is 215 g/mol. The SMILES string of the molecule is Cc1cc(-c2nnc3ccc(N)cn23)on1. The van der Waals surface area contributed by atoms with E-state index in [2.05, 4.69) is 15.4 Å². The zero-order valence-electron chi connectivity index (χ0n) is 8.58. The van der Waals surface area contributed by atoms with Gasteiger partial charge >= 0.3 is 0 Å². The Balaban J connectivity index is 2.27. The number of anilines is 1. The van der Waals surface area contributed by atoms with Gasteiger partial charge in [0.2, 0.25) is 11.6 Å². The highest BCUT2D eigenvalue weighted by Gasteiger charge is 2.12. The number of hydrogen-bond donors (Lipinski definition) is 1. The number of nitrogens with two attached hydrogens (primary N) is 1. The van der Waals surface area contributed by atoms with Crippen molar-refractivity contribution in [2.45, 2.75) is 6.92 Å². The third-order valence-electron chi connectivity index (χ3n) is 2.27. The summed E-state index contributed by atoms with van der Waals surface area (Å²) in [7, 11) is 0. The second-order valence-corrected chi connectivity index (χ2v) is 3.55. The van der Waals surface area contributed by atoms with Crippen LogP contribution < -0.4 is 5.73 Å². The lowest BCUT2D eigenvalue weighted by Gasteiger charge is -1.96. The maximum Gasteiger partial charge on any atom is 0.207 e. The molecule has 3 aromatic rings. The van der Waals surface area contributed by atoms with Crippen LogP contribution in [0.2, 0.25) is 0 Å². The first kappa shape index (κ1) is 8.90. The second-order valence-electron chi connectivity index (χ2n) is 3.55. The van der Waals surface area contributed by atoms with E-state index in [0.29, 0.717) is 17.3 Å². The number of hydrogen-bond acceptors (Lipinski definition) is 5. The lowest BCUT2D eigenvalue weighted by molar-refractivity contribution is 0.424. The number of pyridine rings is 1. The van der Waals surface area contributed by atoms with Crippen molar-refractivity contribution < 1.29 is 4.52 Å². The van der Waals surface area contributed by atoms with Crippen LogP contribution in [0.15, 0.2) is 28.9 Å². The quantitative estimate of drug-likeness (QED) is 0.661. The Morgan fingerprint density at radius 3 is 2.94 bits per heavy atom. The Kier molecular flexibility index (Phi) is 1.70. The summed E-state index contributed by atoms with van der Waals surface area (Å²) in [5, 5.41) is 11.9. The number of rotatable bonds is 1. The number of aryl methyl sites for hydroxylation is 1. The molecule has 0 fully saturated rings. The highest BCUT2D eigenvalue weighted by molar-refractivity contribution is 5.56. The van der Waals surface area contributed by atoms with E-state index in [1.165, 1.54) is 0 Å². The van der Waals surface area contributed by atoms with Gasteiger partial charge in [0.25, 0.3) is 0 Å². The van der Waals surface area contributed by atoms with Gasteiger partial charge in [0.15, 0.2) is 5.65 Å². The first-order valence-corrected chi connectivity index (χ1v) is 4.78. The zero-order chi connectivity index (χ0) is 11.1. The number of fused-ring (bicyclic) bond motifs is 1. The molecular formula is C10H9N5O. The van der Waals surface area contributed by atoms with Crippen LogP contribution in [-0.4, -0.2) is 19.8 Å². The van der Waals surface area contributed by atoms with Crippen molar-refractivity contribution in [2.75, 3.05) is 5.73 Å². The van der Waals surface area contributed by atoms with Crippen molar-refractivity contribution in [2.24, 2.45) is 0 Å². The Morgan fingerprint density at radius 1 is 1.31 bits per heavy atom. The molecule has 3 rings (SSSR count). The van der Waals surface area contributed by atoms with Crippen LogP contribution >= 0.6 is 0 Å². The van der Waals surface area contributed by atoms with E-state index in [4.69, 9.17) is 10.3 Å². The number of aromatic nitrogens is 4. The van der Waals surface area contributed by atoms with Gasteiger partial charge in [0, 0.05) is 18.0 Å². The minimum absolute atomic E-state index is 0.579. The summed E-state index contributed by atoms with van der Waals surface area (Å²) in [6, 6.07) is 5.38. The van der Waals surface area contributed by atoms with Crippen LogP contribution in [0.25, 0.3) is 17.2 Å². The van der Waals surface area contributed by atoms with Gasteiger partial charge < -0.3 is 10.3 Å². The lowest BCUT2D eigenvalue weighted by atomic mass is 10.3. The van der Waals surface area contributed by atoms with Gasteiger partial charge in [-0.2, -0.15) is 0 Å². The molecule has 2 N–H and O–H groups in total. The minimum Gasteiger partial charge on any atom is -0.398 e. The summed E-state index contributed by atoms with van der Waals surface area (Å²) in [4.78, 5) is 0. The van der Waals surface area contributed by atoms with Crippen molar-refractivity contribution in [3.05, 3.63) is 30.1 Å². The molecule has 3 aromatic heterocycles. The summed E-state index contributed by atoms with van der Waals surface area (Å²) in [6.45, 7) is 1.85. The highest BCUT2D eigenvalue weighted by atomic mass is 16.5. The van der Waals surface area contributed by atoms with Crippen LogP contribution in [0, 0.1) is 6.92 Å². The molecule has 6 heteroatoms. The molecule has 0 bridgehead atoms. The van der Waals surface area contributed by atoms with Crippen molar-refractivity contribution >= 4 is 11.3 Å². The predicted octanol–water partition coefficient (Wildman–Crippen LogP) is 1.27. The Morgan fingerprint density at radius 2 is 2.19 bits per heavy atom. The summed E-state index contributed by atoms with van der Waals surface area (Å²) >= 11 is 0. The first-order valence-electron chi connectivity index (χ1n) is 4.78. The van der Waals surface area contributed by atoms with E-state index in [1.54, 1.807) is 28.8 Å². The van der Waals surface area contributed by atoms with E-state index in [0.717, 1.165) is 11.3 Å². The fraction of sp³-hybridized carbons (Fsp3) is 0.100. The maximum absolute atomic E-state index is 5.71. The van der Waals surface area contributed by atoms with Crippen LogP contribution in [0.3, 0.4) is 0 Å². The Labute approximate surface area is 90.7 Å². The summed E-state index contributed by atoms with van der Waals surface area (Å²) in [6.07, 6.45) is 1.75. The van der Waals surface area contributed by atoms with Crippen LogP contribution in [0.5, 0.6) is 0 Å². The van der Waals surface area contributed by atoms with Gasteiger partial charge in [0.1, 0.15) is 0 Å². The molecule has 0 saturated carbocycles. The molecule has 0 atom stereocenters. The molecule has 6 nitrogen and oxygen atoms in total.